The Labute approximate surface area is 114 Å². The van der Waals surface area contributed by atoms with Gasteiger partial charge >= 0.3 is 5.97 Å². The SMILES string of the molecule is CCN(CC)C1(CC(=O)O)COCc2ccccc21. The first-order valence-electron chi connectivity index (χ1n) is 6.77. The molecule has 1 unspecified atom stereocenters. The van der Waals surface area contributed by atoms with Crippen molar-refractivity contribution in [2.24, 2.45) is 0 Å². The Morgan fingerprint density at radius 2 is 2.05 bits per heavy atom. The Hall–Kier alpha value is -1.39. The number of carboxylic acids is 1. The highest BCUT2D eigenvalue weighted by Gasteiger charge is 2.43. The van der Waals surface area contributed by atoms with Crippen LogP contribution in [0.4, 0.5) is 0 Å². The standard InChI is InChI=1S/C15H21NO3/c1-3-16(4-2)15(9-14(17)18)11-19-10-12-7-5-6-8-13(12)15/h5-8H,3-4,9-11H2,1-2H3,(H,17,18). The monoisotopic (exact) mass is 263 g/mol. The van der Waals surface area contributed by atoms with Gasteiger partial charge in [-0.3, -0.25) is 9.69 Å². The van der Waals surface area contributed by atoms with Crippen molar-refractivity contribution in [1.29, 1.82) is 0 Å². The quantitative estimate of drug-likeness (QED) is 0.885. The van der Waals surface area contributed by atoms with E-state index in [9.17, 15) is 9.90 Å². The first-order chi connectivity index (χ1) is 9.14. The Balaban J connectivity index is 2.52. The van der Waals surface area contributed by atoms with Gasteiger partial charge in [0.25, 0.3) is 0 Å². The molecule has 0 aromatic heterocycles. The molecule has 1 atom stereocenters. The van der Waals surface area contributed by atoms with Gasteiger partial charge in [-0.05, 0) is 24.2 Å². The van der Waals surface area contributed by atoms with Gasteiger partial charge < -0.3 is 9.84 Å². The molecule has 19 heavy (non-hydrogen) atoms. The Morgan fingerprint density at radius 1 is 1.37 bits per heavy atom. The maximum Gasteiger partial charge on any atom is 0.305 e. The summed E-state index contributed by atoms with van der Waals surface area (Å²) in [7, 11) is 0. The van der Waals surface area contributed by atoms with Crippen LogP contribution in [0.15, 0.2) is 24.3 Å². The minimum atomic E-state index is -0.785. The van der Waals surface area contributed by atoms with Crippen LogP contribution >= 0.6 is 0 Å². The van der Waals surface area contributed by atoms with Crippen molar-refractivity contribution >= 4 is 5.97 Å². The van der Waals surface area contributed by atoms with E-state index in [0.717, 1.165) is 24.2 Å². The van der Waals surface area contributed by atoms with Gasteiger partial charge in [-0.25, -0.2) is 0 Å². The lowest BCUT2D eigenvalue weighted by Crippen LogP contribution is -2.52. The summed E-state index contributed by atoms with van der Waals surface area (Å²) in [5.41, 5.74) is 1.67. The average molecular weight is 263 g/mol. The van der Waals surface area contributed by atoms with Crippen LogP contribution in [0.25, 0.3) is 0 Å². The summed E-state index contributed by atoms with van der Waals surface area (Å²) in [6.45, 7) is 6.74. The molecule has 0 saturated carbocycles. The van der Waals surface area contributed by atoms with Crippen molar-refractivity contribution in [2.75, 3.05) is 19.7 Å². The number of carboxylic acid groups (broad SMARTS) is 1. The molecule has 0 spiro atoms. The molecule has 0 fully saturated rings. The second-order valence-corrected chi connectivity index (χ2v) is 4.92. The molecule has 1 aliphatic heterocycles. The van der Waals surface area contributed by atoms with Gasteiger partial charge in [0.15, 0.2) is 0 Å². The minimum absolute atomic E-state index is 0.0751. The zero-order valence-electron chi connectivity index (χ0n) is 11.6. The van der Waals surface area contributed by atoms with Crippen molar-refractivity contribution in [3.63, 3.8) is 0 Å². The third-order valence-corrected chi connectivity index (χ3v) is 3.93. The van der Waals surface area contributed by atoms with Crippen LogP contribution in [0.2, 0.25) is 0 Å². The molecule has 0 radical (unpaired) electrons. The predicted molar refractivity (Wildman–Crippen MR) is 72.9 cm³/mol. The van der Waals surface area contributed by atoms with Gasteiger partial charge in [0.2, 0.25) is 0 Å². The highest BCUT2D eigenvalue weighted by molar-refractivity contribution is 5.69. The lowest BCUT2D eigenvalue weighted by Gasteiger charge is -2.45. The zero-order chi connectivity index (χ0) is 13.9. The van der Waals surface area contributed by atoms with Crippen molar-refractivity contribution in [3.05, 3.63) is 35.4 Å². The highest BCUT2D eigenvalue weighted by Crippen LogP contribution is 2.38. The predicted octanol–water partition coefficient (Wildman–Crippen LogP) is 2.23. The Morgan fingerprint density at radius 3 is 2.68 bits per heavy atom. The minimum Gasteiger partial charge on any atom is -0.481 e. The normalized spacial score (nSPS) is 22.3. The number of ether oxygens (including phenoxy) is 1. The number of hydrogen-bond donors (Lipinski definition) is 1. The zero-order valence-corrected chi connectivity index (χ0v) is 11.6. The maximum absolute atomic E-state index is 11.3. The van der Waals surface area contributed by atoms with Crippen molar-refractivity contribution < 1.29 is 14.6 Å². The third kappa shape index (κ3) is 2.51. The summed E-state index contributed by atoms with van der Waals surface area (Å²) in [6, 6.07) is 8.01. The van der Waals surface area contributed by atoms with Crippen LogP contribution in [-0.4, -0.2) is 35.7 Å². The summed E-state index contributed by atoms with van der Waals surface area (Å²) in [5.74, 6) is -0.785. The summed E-state index contributed by atoms with van der Waals surface area (Å²) in [6.07, 6.45) is 0.0751. The van der Waals surface area contributed by atoms with Gasteiger partial charge in [0, 0.05) is 0 Å². The van der Waals surface area contributed by atoms with E-state index in [1.54, 1.807) is 0 Å². The molecule has 1 aliphatic rings. The lowest BCUT2D eigenvalue weighted by molar-refractivity contribution is -0.143. The van der Waals surface area contributed by atoms with Crippen LogP contribution in [0.1, 0.15) is 31.4 Å². The molecular weight excluding hydrogens is 242 g/mol. The molecule has 0 amide bonds. The van der Waals surface area contributed by atoms with Gasteiger partial charge in [0.1, 0.15) is 0 Å². The van der Waals surface area contributed by atoms with E-state index in [2.05, 4.69) is 18.7 Å². The second kappa shape index (κ2) is 5.72. The molecular formula is C15H21NO3. The van der Waals surface area contributed by atoms with E-state index in [4.69, 9.17) is 4.74 Å². The number of likely N-dealkylation sites (N-methyl/N-ethyl adjacent to an activating group) is 1. The first kappa shape index (κ1) is 14.0. The number of aliphatic carboxylic acids is 1. The molecule has 0 saturated heterocycles. The fraction of sp³-hybridized carbons (Fsp3) is 0.533. The van der Waals surface area contributed by atoms with E-state index in [1.165, 1.54) is 0 Å². The van der Waals surface area contributed by atoms with Gasteiger partial charge in [-0.2, -0.15) is 0 Å². The van der Waals surface area contributed by atoms with E-state index in [1.807, 2.05) is 24.3 Å². The van der Waals surface area contributed by atoms with Gasteiger partial charge in [-0.1, -0.05) is 38.1 Å². The van der Waals surface area contributed by atoms with Crippen LogP contribution in [-0.2, 0) is 21.7 Å². The van der Waals surface area contributed by atoms with Crippen molar-refractivity contribution in [3.8, 4) is 0 Å². The van der Waals surface area contributed by atoms with E-state index < -0.39 is 11.5 Å². The molecule has 1 aromatic carbocycles. The van der Waals surface area contributed by atoms with Crippen molar-refractivity contribution in [1.82, 2.24) is 4.90 Å². The Bertz CT molecular complexity index is 456. The molecule has 1 aromatic rings. The summed E-state index contributed by atoms with van der Waals surface area (Å²) < 4.78 is 5.69. The molecule has 4 nitrogen and oxygen atoms in total. The topological polar surface area (TPSA) is 49.8 Å². The molecule has 0 aliphatic carbocycles. The average Bonchev–Trinajstić information content (AvgIpc) is 2.40. The lowest BCUT2D eigenvalue weighted by atomic mass is 9.81. The first-order valence-corrected chi connectivity index (χ1v) is 6.77. The molecule has 1 heterocycles. The number of fused-ring (bicyclic) bond motifs is 1. The molecule has 104 valence electrons. The largest absolute Gasteiger partial charge is 0.481 e. The van der Waals surface area contributed by atoms with Crippen LogP contribution < -0.4 is 0 Å². The molecule has 4 heteroatoms. The van der Waals surface area contributed by atoms with Crippen LogP contribution in [0.3, 0.4) is 0 Å². The van der Waals surface area contributed by atoms with Crippen molar-refractivity contribution in [2.45, 2.75) is 32.4 Å². The van der Waals surface area contributed by atoms with E-state index in [-0.39, 0.29) is 6.42 Å². The Kier molecular flexibility index (Phi) is 4.22. The van der Waals surface area contributed by atoms with Crippen LogP contribution in [0, 0.1) is 0 Å². The van der Waals surface area contributed by atoms with Gasteiger partial charge in [-0.15, -0.1) is 0 Å². The third-order valence-electron chi connectivity index (χ3n) is 3.93. The maximum atomic E-state index is 11.3. The summed E-state index contributed by atoms with van der Waals surface area (Å²) in [4.78, 5) is 13.5. The number of rotatable bonds is 5. The smallest absolute Gasteiger partial charge is 0.305 e. The fourth-order valence-corrected chi connectivity index (χ4v) is 3.11. The highest BCUT2D eigenvalue weighted by atomic mass is 16.5. The summed E-state index contributed by atoms with van der Waals surface area (Å²) in [5, 5.41) is 9.31. The van der Waals surface area contributed by atoms with E-state index in [0.29, 0.717) is 13.2 Å². The van der Waals surface area contributed by atoms with Crippen LogP contribution in [0.5, 0.6) is 0 Å². The number of benzene rings is 1. The second-order valence-electron chi connectivity index (χ2n) is 4.92. The molecule has 2 rings (SSSR count). The molecule has 1 N–H and O–H groups in total. The number of carbonyl (C=O) groups is 1. The summed E-state index contributed by atoms with van der Waals surface area (Å²) >= 11 is 0. The van der Waals surface area contributed by atoms with E-state index >= 15 is 0 Å². The molecule has 0 bridgehead atoms. The van der Waals surface area contributed by atoms with Gasteiger partial charge in [0.05, 0.1) is 25.2 Å². The number of nitrogens with zero attached hydrogens (tertiary/aromatic N) is 1. The fourth-order valence-electron chi connectivity index (χ4n) is 3.11. The number of hydrogen-bond acceptors (Lipinski definition) is 3.